The fourth-order valence-corrected chi connectivity index (χ4v) is 0.845. The zero-order valence-corrected chi connectivity index (χ0v) is 6.99. The molecule has 1 unspecified atom stereocenters. The summed E-state index contributed by atoms with van der Waals surface area (Å²) in [6.45, 7) is 2.23. The van der Waals surface area contributed by atoms with E-state index in [0.29, 0.717) is 6.54 Å². The summed E-state index contributed by atoms with van der Waals surface area (Å²) >= 11 is 0. The molecule has 0 fully saturated rings. The van der Waals surface area contributed by atoms with Gasteiger partial charge in [0.25, 0.3) is 0 Å². The fourth-order valence-electron chi connectivity index (χ4n) is 0.845. The first-order chi connectivity index (χ1) is 5.68. The molecule has 0 aliphatic carbocycles. The van der Waals surface area contributed by atoms with E-state index >= 15 is 0 Å². The Labute approximate surface area is 71.7 Å². The average Bonchev–Trinajstić information content (AvgIpc) is 2.03. The number of aromatic hydroxyl groups is 1. The molecule has 12 heavy (non-hydrogen) atoms. The smallest absolute Gasteiger partial charge is 0.115 e. The van der Waals surface area contributed by atoms with Crippen molar-refractivity contribution >= 4 is 5.69 Å². The van der Waals surface area contributed by atoms with E-state index in [1.54, 1.807) is 31.2 Å². The Hall–Kier alpha value is -1.22. The Kier molecular flexibility index (Phi) is 2.94. The van der Waals surface area contributed by atoms with Crippen molar-refractivity contribution in [3.05, 3.63) is 24.3 Å². The summed E-state index contributed by atoms with van der Waals surface area (Å²) in [5.74, 6) is 0.248. The van der Waals surface area contributed by atoms with E-state index in [0.717, 1.165) is 5.69 Å². The minimum absolute atomic E-state index is 0.248. The van der Waals surface area contributed by atoms with Crippen LogP contribution in [0.1, 0.15) is 6.92 Å². The topological polar surface area (TPSA) is 52.5 Å². The van der Waals surface area contributed by atoms with Crippen LogP contribution < -0.4 is 5.32 Å². The standard InChI is InChI=1S/C9H13NO2/c1-7(11)6-10-8-2-4-9(12)5-3-8/h2-5,7,10-12H,6H2,1H3. The number of nitrogens with one attached hydrogen (secondary N) is 1. The van der Waals surface area contributed by atoms with Crippen LogP contribution in [0.25, 0.3) is 0 Å². The number of anilines is 1. The van der Waals surface area contributed by atoms with Crippen LogP contribution in [0.5, 0.6) is 5.75 Å². The van der Waals surface area contributed by atoms with Crippen molar-refractivity contribution < 1.29 is 10.2 Å². The number of aliphatic hydroxyl groups is 1. The summed E-state index contributed by atoms with van der Waals surface area (Å²) in [6.07, 6.45) is -0.362. The second kappa shape index (κ2) is 3.97. The summed E-state index contributed by atoms with van der Waals surface area (Å²) in [7, 11) is 0. The van der Waals surface area contributed by atoms with Gasteiger partial charge in [0.15, 0.2) is 0 Å². The molecule has 0 aliphatic rings. The summed E-state index contributed by atoms with van der Waals surface area (Å²) < 4.78 is 0. The lowest BCUT2D eigenvalue weighted by Gasteiger charge is -2.07. The van der Waals surface area contributed by atoms with Crippen molar-refractivity contribution in [1.29, 1.82) is 0 Å². The first kappa shape index (κ1) is 8.87. The van der Waals surface area contributed by atoms with Gasteiger partial charge in [-0.1, -0.05) is 0 Å². The number of rotatable bonds is 3. The van der Waals surface area contributed by atoms with Crippen LogP contribution in [0.15, 0.2) is 24.3 Å². The molecular formula is C9H13NO2. The van der Waals surface area contributed by atoms with Gasteiger partial charge in [-0.15, -0.1) is 0 Å². The Morgan fingerprint density at radius 1 is 1.33 bits per heavy atom. The lowest BCUT2D eigenvalue weighted by molar-refractivity contribution is 0.208. The Morgan fingerprint density at radius 3 is 2.42 bits per heavy atom. The third-order valence-corrected chi connectivity index (χ3v) is 1.47. The van der Waals surface area contributed by atoms with Crippen LogP contribution >= 0.6 is 0 Å². The first-order valence-electron chi connectivity index (χ1n) is 3.89. The minimum Gasteiger partial charge on any atom is -0.508 e. The van der Waals surface area contributed by atoms with Gasteiger partial charge < -0.3 is 15.5 Å². The maximum absolute atomic E-state index is 8.96. The van der Waals surface area contributed by atoms with Crippen molar-refractivity contribution in [2.75, 3.05) is 11.9 Å². The highest BCUT2D eigenvalue weighted by molar-refractivity contribution is 5.45. The Morgan fingerprint density at radius 2 is 1.92 bits per heavy atom. The highest BCUT2D eigenvalue weighted by atomic mass is 16.3. The third-order valence-electron chi connectivity index (χ3n) is 1.47. The number of phenols is 1. The lowest BCUT2D eigenvalue weighted by Crippen LogP contribution is -2.14. The van der Waals surface area contributed by atoms with Gasteiger partial charge in [0, 0.05) is 12.2 Å². The van der Waals surface area contributed by atoms with Crippen molar-refractivity contribution in [3.63, 3.8) is 0 Å². The number of phenolic OH excluding ortho intramolecular Hbond substituents is 1. The number of hydrogen-bond acceptors (Lipinski definition) is 3. The summed E-state index contributed by atoms with van der Waals surface area (Å²) in [5.41, 5.74) is 0.897. The van der Waals surface area contributed by atoms with Gasteiger partial charge in [0.05, 0.1) is 6.10 Å². The molecule has 0 amide bonds. The van der Waals surface area contributed by atoms with E-state index in [1.165, 1.54) is 0 Å². The largest absolute Gasteiger partial charge is 0.508 e. The Balaban J connectivity index is 2.48. The van der Waals surface area contributed by atoms with Crippen molar-refractivity contribution in [2.45, 2.75) is 13.0 Å². The van der Waals surface area contributed by atoms with E-state index in [-0.39, 0.29) is 11.9 Å². The Bertz CT molecular complexity index is 231. The number of aliphatic hydroxyl groups excluding tert-OH is 1. The first-order valence-corrected chi connectivity index (χ1v) is 3.89. The molecule has 3 nitrogen and oxygen atoms in total. The molecule has 0 spiro atoms. The molecule has 0 bridgehead atoms. The minimum atomic E-state index is -0.362. The molecule has 0 saturated carbocycles. The van der Waals surface area contributed by atoms with Crippen LogP contribution in [0, 0.1) is 0 Å². The monoisotopic (exact) mass is 167 g/mol. The predicted molar refractivity (Wildman–Crippen MR) is 48.3 cm³/mol. The molecule has 0 heterocycles. The summed E-state index contributed by atoms with van der Waals surface area (Å²) in [6, 6.07) is 6.73. The predicted octanol–water partition coefficient (Wildman–Crippen LogP) is 1.18. The molecule has 1 aromatic rings. The van der Waals surface area contributed by atoms with Crippen molar-refractivity contribution in [3.8, 4) is 5.75 Å². The fraction of sp³-hybridized carbons (Fsp3) is 0.333. The zero-order chi connectivity index (χ0) is 8.97. The van der Waals surface area contributed by atoms with Gasteiger partial charge in [-0.05, 0) is 31.2 Å². The van der Waals surface area contributed by atoms with E-state index in [9.17, 15) is 0 Å². The lowest BCUT2D eigenvalue weighted by atomic mass is 10.3. The second-order valence-corrected chi connectivity index (χ2v) is 2.78. The molecule has 66 valence electrons. The van der Waals surface area contributed by atoms with Crippen LogP contribution in [0.2, 0.25) is 0 Å². The quantitative estimate of drug-likeness (QED) is 0.592. The van der Waals surface area contributed by atoms with Gasteiger partial charge >= 0.3 is 0 Å². The SMILES string of the molecule is CC(O)CNc1ccc(O)cc1. The van der Waals surface area contributed by atoms with Gasteiger partial charge in [0.1, 0.15) is 5.75 Å². The maximum atomic E-state index is 8.96. The van der Waals surface area contributed by atoms with Gasteiger partial charge in [-0.25, -0.2) is 0 Å². The van der Waals surface area contributed by atoms with Gasteiger partial charge in [-0.3, -0.25) is 0 Å². The summed E-state index contributed by atoms with van der Waals surface area (Å²) in [5, 5.41) is 20.9. The molecule has 1 aromatic carbocycles. The zero-order valence-electron chi connectivity index (χ0n) is 6.99. The number of hydrogen-bond donors (Lipinski definition) is 3. The average molecular weight is 167 g/mol. The molecule has 1 atom stereocenters. The number of benzene rings is 1. The van der Waals surface area contributed by atoms with Crippen molar-refractivity contribution in [1.82, 2.24) is 0 Å². The van der Waals surface area contributed by atoms with Crippen LogP contribution in [-0.2, 0) is 0 Å². The molecule has 0 aliphatic heterocycles. The van der Waals surface area contributed by atoms with Crippen LogP contribution in [0.3, 0.4) is 0 Å². The van der Waals surface area contributed by atoms with Gasteiger partial charge in [-0.2, -0.15) is 0 Å². The van der Waals surface area contributed by atoms with E-state index in [1.807, 2.05) is 0 Å². The molecular weight excluding hydrogens is 154 g/mol. The molecule has 3 N–H and O–H groups in total. The normalized spacial score (nSPS) is 12.5. The van der Waals surface area contributed by atoms with E-state index in [2.05, 4.69) is 5.32 Å². The molecule has 0 aromatic heterocycles. The van der Waals surface area contributed by atoms with Crippen LogP contribution in [0.4, 0.5) is 5.69 Å². The molecule has 3 heteroatoms. The molecule has 0 saturated heterocycles. The highest BCUT2D eigenvalue weighted by Crippen LogP contribution is 2.13. The van der Waals surface area contributed by atoms with Gasteiger partial charge in [0.2, 0.25) is 0 Å². The second-order valence-electron chi connectivity index (χ2n) is 2.78. The summed E-state index contributed by atoms with van der Waals surface area (Å²) in [4.78, 5) is 0. The van der Waals surface area contributed by atoms with E-state index < -0.39 is 0 Å². The van der Waals surface area contributed by atoms with Crippen LogP contribution in [-0.4, -0.2) is 22.9 Å². The highest BCUT2D eigenvalue weighted by Gasteiger charge is 1.95. The maximum Gasteiger partial charge on any atom is 0.115 e. The van der Waals surface area contributed by atoms with Crippen molar-refractivity contribution in [2.24, 2.45) is 0 Å². The third kappa shape index (κ3) is 2.80. The molecule has 0 radical (unpaired) electrons. The molecule has 1 rings (SSSR count). The van der Waals surface area contributed by atoms with E-state index in [4.69, 9.17) is 10.2 Å².